The van der Waals surface area contributed by atoms with Crippen LogP contribution in [0.25, 0.3) is 22.3 Å². The van der Waals surface area contributed by atoms with E-state index >= 15 is 0 Å². The summed E-state index contributed by atoms with van der Waals surface area (Å²) in [5.74, 6) is 1.08. The van der Waals surface area contributed by atoms with Gasteiger partial charge in [-0.1, -0.05) is 6.07 Å². The third kappa shape index (κ3) is 8.56. The maximum absolute atomic E-state index is 12.7. The van der Waals surface area contributed by atoms with Gasteiger partial charge in [-0.3, -0.25) is 0 Å². The third-order valence-electron chi connectivity index (χ3n) is 8.74. The molecule has 0 atom stereocenters. The van der Waals surface area contributed by atoms with E-state index in [1.807, 2.05) is 9.13 Å². The average molecular weight is 777 g/mol. The Balaban J connectivity index is 0.000000233. The van der Waals surface area contributed by atoms with E-state index < -0.39 is 10.0 Å². The molecule has 1 aromatic carbocycles. The van der Waals surface area contributed by atoms with Gasteiger partial charge < -0.3 is 31.1 Å². The summed E-state index contributed by atoms with van der Waals surface area (Å²) in [6.45, 7) is 0. The Bertz CT molecular complexity index is 2000. The standard InChI is InChI=1S/C18H21ClN6O3S.C11H15ClN6.2ClH/c1-28-13-3-2-4-14(9-13)29(26,27)24-11-5-7-12(8-6-11)25-10-21-15-16(20)22-18(19)23-17(15)25;12-11-16-9(14)8-10(17-11)18(5-15-8)7-3-1-6(13)2-4-7;;/h2-4,9-12,24H,5-8H2,1H3,(H2,20,22,23);5-7H,1-4,13H2,(H2,14,16,17);2*1H. The number of nitrogens with zero attached hydrogens (tertiary/aromatic N) is 8. The summed E-state index contributed by atoms with van der Waals surface area (Å²) >= 11 is 11.8. The van der Waals surface area contributed by atoms with E-state index in [9.17, 15) is 8.42 Å². The molecule has 7 N–H and O–H groups in total. The molecule has 266 valence electrons. The lowest BCUT2D eigenvalue weighted by Crippen LogP contribution is -2.37. The number of ether oxygens (including phenoxy) is 1. The van der Waals surface area contributed by atoms with Gasteiger partial charge in [0.1, 0.15) is 16.8 Å². The van der Waals surface area contributed by atoms with Crippen LogP contribution in [-0.2, 0) is 10.0 Å². The van der Waals surface area contributed by atoms with Gasteiger partial charge in [-0.25, -0.2) is 23.1 Å². The number of benzene rings is 1. The molecule has 2 fully saturated rings. The second-order valence-electron chi connectivity index (χ2n) is 11.8. The van der Waals surface area contributed by atoms with Gasteiger partial charge in [-0.05, 0) is 86.7 Å². The number of halogens is 4. The van der Waals surface area contributed by atoms with E-state index in [0.717, 1.165) is 38.5 Å². The molecule has 2 saturated carbocycles. The topological polar surface area (TPSA) is 221 Å². The van der Waals surface area contributed by atoms with Crippen LogP contribution in [0.15, 0.2) is 41.8 Å². The van der Waals surface area contributed by atoms with E-state index in [1.165, 1.54) is 13.2 Å². The first-order valence-corrected chi connectivity index (χ1v) is 17.5. The van der Waals surface area contributed by atoms with Crippen molar-refractivity contribution in [3.05, 3.63) is 47.5 Å². The lowest BCUT2D eigenvalue weighted by atomic mass is 9.92. The zero-order chi connectivity index (χ0) is 33.3. The fourth-order valence-electron chi connectivity index (χ4n) is 6.26. The summed E-state index contributed by atoms with van der Waals surface area (Å²) in [5.41, 5.74) is 20.0. The average Bonchev–Trinajstić information content (AvgIpc) is 3.67. The predicted molar refractivity (Wildman–Crippen MR) is 194 cm³/mol. The predicted octanol–water partition coefficient (Wildman–Crippen LogP) is 4.88. The maximum atomic E-state index is 12.7. The quantitative estimate of drug-likeness (QED) is 0.170. The second-order valence-corrected chi connectivity index (χ2v) is 14.2. The van der Waals surface area contributed by atoms with E-state index in [-0.39, 0.29) is 58.2 Å². The summed E-state index contributed by atoms with van der Waals surface area (Å²) in [5, 5.41) is 0.241. The number of methoxy groups -OCH3 is 1. The molecule has 4 heterocycles. The Morgan fingerprint density at radius 1 is 0.796 bits per heavy atom. The number of nitrogens with two attached hydrogens (primary N) is 3. The molecule has 0 radical (unpaired) electrons. The molecule has 49 heavy (non-hydrogen) atoms. The van der Waals surface area contributed by atoms with Crippen LogP contribution in [0.1, 0.15) is 63.5 Å². The summed E-state index contributed by atoms with van der Waals surface area (Å²) in [4.78, 5) is 25.1. The molecule has 20 heteroatoms. The van der Waals surface area contributed by atoms with E-state index in [4.69, 9.17) is 45.1 Å². The smallest absolute Gasteiger partial charge is 0.240 e. The van der Waals surface area contributed by atoms with Crippen molar-refractivity contribution in [1.29, 1.82) is 0 Å². The second kappa shape index (κ2) is 16.2. The third-order valence-corrected chi connectivity index (χ3v) is 10.6. The summed E-state index contributed by atoms with van der Waals surface area (Å²) in [6.07, 6.45) is 10.5. The molecule has 5 aromatic rings. The Hall–Kier alpha value is -3.25. The van der Waals surface area contributed by atoms with Crippen LogP contribution in [-0.4, -0.2) is 66.6 Å². The van der Waals surface area contributed by atoms with Gasteiger partial charge in [0.2, 0.25) is 20.6 Å². The number of aromatic nitrogens is 8. The van der Waals surface area contributed by atoms with Gasteiger partial charge in [0.15, 0.2) is 22.9 Å². The largest absolute Gasteiger partial charge is 0.497 e. The number of fused-ring (bicyclic) bond motifs is 2. The molecule has 0 bridgehead atoms. The van der Waals surface area contributed by atoms with Gasteiger partial charge in [0.25, 0.3) is 0 Å². The van der Waals surface area contributed by atoms with E-state index in [0.29, 0.717) is 58.8 Å². The van der Waals surface area contributed by atoms with Crippen LogP contribution >= 0.6 is 48.0 Å². The van der Waals surface area contributed by atoms with Gasteiger partial charge >= 0.3 is 0 Å². The van der Waals surface area contributed by atoms with E-state index in [2.05, 4.69) is 34.6 Å². The highest BCUT2D eigenvalue weighted by Gasteiger charge is 2.28. The molecule has 2 aliphatic rings. The van der Waals surface area contributed by atoms with Crippen molar-refractivity contribution < 1.29 is 13.2 Å². The van der Waals surface area contributed by atoms with Crippen molar-refractivity contribution in [2.45, 2.75) is 80.4 Å². The molecule has 0 aliphatic heterocycles. The molecule has 2 aliphatic carbocycles. The highest BCUT2D eigenvalue weighted by molar-refractivity contribution is 7.89. The Labute approximate surface area is 305 Å². The molecule has 0 saturated heterocycles. The van der Waals surface area contributed by atoms with Crippen molar-refractivity contribution >= 4 is 92.0 Å². The van der Waals surface area contributed by atoms with Gasteiger partial charge in [-0.15, -0.1) is 24.8 Å². The Kier molecular flexibility index (Phi) is 12.7. The van der Waals surface area contributed by atoms with Crippen LogP contribution < -0.4 is 26.7 Å². The Morgan fingerprint density at radius 2 is 1.29 bits per heavy atom. The first-order chi connectivity index (χ1) is 22.5. The minimum absolute atomic E-state index is 0. The molecule has 0 unspecified atom stereocenters. The van der Waals surface area contributed by atoms with Gasteiger partial charge in [-0.2, -0.15) is 19.9 Å². The highest BCUT2D eigenvalue weighted by Crippen LogP contribution is 2.33. The van der Waals surface area contributed by atoms with Crippen molar-refractivity contribution in [3.8, 4) is 5.75 Å². The van der Waals surface area contributed by atoms with Crippen LogP contribution in [0.5, 0.6) is 5.75 Å². The highest BCUT2D eigenvalue weighted by atomic mass is 35.5. The lowest BCUT2D eigenvalue weighted by molar-refractivity contribution is 0.315. The van der Waals surface area contributed by atoms with Gasteiger partial charge in [0.05, 0.1) is 24.7 Å². The minimum atomic E-state index is -3.61. The SMILES string of the molecule is COc1cccc(S(=O)(=O)NC2CCC(n3cnc4c(N)nc(Cl)nc43)CC2)c1.Cl.Cl.Nc1nc(Cl)nc2c1ncn2C1CCC(N)CC1. The van der Waals surface area contributed by atoms with Crippen molar-refractivity contribution in [2.75, 3.05) is 18.6 Å². The Morgan fingerprint density at radius 3 is 1.78 bits per heavy atom. The first kappa shape index (κ1) is 38.6. The number of rotatable bonds is 6. The first-order valence-electron chi connectivity index (χ1n) is 15.3. The van der Waals surface area contributed by atoms with Crippen LogP contribution in [0, 0.1) is 0 Å². The van der Waals surface area contributed by atoms with Crippen LogP contribution in [0.4, 0.5) is 11.6 Å². The molecular weight excluding hydrogens is 738 g/mol. The number of nitrogen functional groups attached to an aromatic ring is 2. The van der Waals surface area contributed by atoms with Crippen LogP contribution in [0.3, 0.4) is 0 Å². The molecule has 15 nitrogen and oxygen atoms in total. The summed E-state index contributed by atoms with van der Waals surface area (Å²) < 4.78 is 37.3. The number of imidazole rings is 2. The minimum Gasteiger partial charge on any atom is -0.497 e. The number of sulfonamides is 1. The summed E-state index contributed by atoms with van der Waals surface area (Å²) in [7, 11) is -2.11. The fraction of sp³-hybridized carbons (Fsp3) is 0.448. The molecule has 4 aromatic heterocycles. The van der Waals surface area contributed by atoms with Crippen molar-refractivity contribution in [2.24, 2.45) is 5.73 Å². The molecule has 0 amide bonds. The maximum Gasteiger partial charge on any atom is 0.240 e. The van der Waals surface area contributed by atoms with Crippen molar-refractivity contribution in [3.63, 3.8) is 0 Å². The fourth-order valence-corrected chi connectivity index (χ4v) is 7.95. The number of hydrogen-bond donors (Lipinski definition) is 4. The normalized spacial score (nSPS) is 20.9. The zero-order valence-corrected chi connectivity index (χ0v) is 30.4. The zero-order valence-electron chi connectivity index (χ0n) is 26.4. The number of hydrogen-bond acceptors (Lipinski definition) is 12. The van der Waals surface area contributed by atoms with Crippen molar-refractivity contribution in [1.82, 2.24) is 43.8 Å². The molecule has 0 spiro atoms. The lowest BCUT2D eigenvalue weighted by Gasteiger charge is -2.29. The molecular formula is C29H38Cl4N12O3S. The van der Waals surface area contributed by atoms with Gasteiger partial charge in [0, 0.05) is 30.2 Å². The van der Waals surface area contributed by atoms with Crippen LogP contribution in [0.2, 0.25) is 10.6 Å². The molecule has 7 rings (SSSR count). The monoisotopic (exact) mass is 774 g/mol. The van der Waals surface area contributed by atoms with E-state index in [1.54, 1.807) is 30.9 Å². The summed E-state index contributed by atoms with van der Waals surface area (Å²) in [6, 6.07) is 7.14. The number of nitrogens with one attached hydrogen (secondary N) is 1. The number of anilines is 2.